The maximum Gasteiger partial charge on any atom is 0.271 e. The molecule has 0 aromatic heterocycles. The number of carbonyl (C=O) groups excluding carboxylic acids is 1. The van der Waals surface area contributed by atoms with E-state index < -0.39 is 0 Å². The van der Waals surface area contributed by atoms with E-state index >= 15 is 0 Å². The van der Waals surface area contributed by atoms with Crippen LogP contribution < -0.4 is 19.6 Å². The number of nitrogens with zero attached hydrogens (tertiary/aromatic N) is 1. The molecule has 0 radical (unpaired) electrons. The molecule has 0 atom stereocenters. The Kier molecular flexibility index (Phi) is 9.16. The summed E-state index contributed by atoms with van der Waals surface area (Å²) in [6.07, 6.45) is 1.52. The van der Waals surface area contributed by atoms with Gasteiger partial charge in [-0.1, -0.05) is 72.3 Å². The highest BCUT2D eigenvalue weighted by Crippen LogP contribution is 2.29. The van der Waals surface area contributed by atoms with E-state index in [1.807, 2.05) is 73.7 Å². The fraction of sp³-hybridized carbons (Fsp3) is 0.133. The maximum absolute atomic E-state index is 12.7. The average molecular weight is 515 g/mol. The van der Waals surface area contributed by atoms with Gasteiger partial charge in [-0.3, -0.25) is 4.79 Å². The van der Waals surface area contributed by atoms with Gasteiger partial charge in [-0.2, -0.15) is 5.10 Å². The van der Waals surface area contributed by atoms with Crippen molar-refractivity contribution >= 4 is 23.7 Å². The number of carbonyl (C=O) groups is 1. The Morgan fingerprint density at radius 3 is 2.03 bits per heavy atom. The maximum atomic E-state index is 12.7. The second-order valence-electron chi connectivity index (χ2n) is 8.03. The fourth-order valence-electron chi connectivity index (χ4n) is 3.45. The third kappa shape index (κ3) is 7.59. The van der Waals surface area contributed by atoms with Gasteiger partial charge in [-0.05, 0) is 60.0 Å². The van der Waals surface area contributed by atoms with Crippen LogP contribution in [-0.4, -0.2) is 18.7 Å². The summed E-state index contributed by atoms with van der Waals surface area (Å²) >= 11 is 6.36. The normalized spacial score (nSPS) is 10.8. The van der Waals surface area contributed by atoms with Crippen LogP contribution in [0, 0.1) is 0 Å². The second-order valence-corrected chi connectivity index (χ2v) is 8.44. The summed E-state index contributed by atoms with van der Waals surface area (Å²) in [5, 5.41) is 4.52. The molecule has 1 amide bonds. The van der Waals surface area contributed by atoms with Crippen molar-refractivity contribution in [3.8, 4) is 17.2 Å². The van der Waals surface area contributed by atoms with Crippen molar-refractivity contribution in [1.29, 1.82) is 0 Å². The first-order chi connectivity index (χ1) is 18.1. The van der Waals surface area contributed by atoms with Crippen LogP contribution in [0.3, 0.4) is 0 Å². The topological polar surface area (TPSA) is 69.2 Å². The van der Waals surface area contributed by atoms with Gasteiger partial charge in [0.25, 0.3) is 5.91 Å². The minimum Gasteiger partial charge on any atom is -0.490 e. The van der Waals surface area contributed by atoms with E-state index in [0.29, 0.717) is 47.7 Å². The number of hydrogen-bond acceptors (Lipinski definition) is 5. The summed E-state index contributed by atoms with van der Waals surface area (Å²) in [6.45, 7) is 3.14. The number of benzene rings is 4. The van der Waals surface area contributed by atoms with Gasteiger partial charge >= 0.3 is 0 Å². The molecule has 0 bridgehead atoms. The summed E-state index contributed by atoms with van der Waals surface area (Å²) in [6, 6.07) is 30.0. The zero-order chi connectivity index (χ0) is 25.9. The Hall–Kier alpha value is -4.29. The minimum atomic E-state index is -0.374. The Morgan fingerprint density at radius 2 is 1.41 bits per heavy atom. The van der Waals surface area contributed by atoms with Crippen LogP contribution in [0.5, 0.6) is 17.2 Å². The van der Waals surface area contributed by atoms with Gasteiger partial charge in [0, 0.05) is 5.56 Å². The van der Waals surface area contributed by atoms with Crippen molar-refractivity contribution in [2.45, 2.75) is 20.1 Å². The molecule has 4 rings (SSSR count). The molecular weight excluding hydrogens is 488 g/mol. The molecule has 37 heavy (non-hydrogen) atoms. The number of amides is 1. The van der Waals surface area contributed by atoms with E-state index in [0.717, 1.165) is 16.7 Å². The SMILES string of the molecule is CCOc1cc(C(=O)N/N=C/c2ccc(OCc3ccccc3)c(Cl)c2)ccc1OCc1ccccc1. The zero-order valence-corrected chi connectivity index (χ0v) is 21.2. The van der Waals surface area contributed by atoms with Gasteiger partial charge in [0.2, 0.25) is 0 Å². The lowest BCUT2D eigenvalue weighted by Gasteiger charge is -2.13. The molecule has 0 saturated heterocycles. The van der Waals surface area contributed by atoms with Gasteiger partial charge in [-0.15, -0.1) is 0 Å². The third-order valence-electron chi connectivity index (χ3n) is 5.32. The summed E-state index contributed by atoms with van der Waals surface area (Å²) in [4.78, 5) is 12.7. The van der Waals surface area contributed by atoms with Gasteiger partial charge in [-0.25, -0.2) is 5.43 Å². The van der Waals surface area contributed by atoms with Crippen molar-refractivity contribution < 1.29 is 19.0 Å². The second kappa shape index (κ2) is 13.1. The van der Waals surface area contributed by atoms with Crippen molar-refractivity contribution in [2.75, 3.05) is 6.61 Å². The van der Waals surface area contributed by atoms with E-state index in [2.05, 4.69) is 10.5 Å². The number of hydrogen-bond donors (Lipinski definition) is 1. The van der Waals surface area contributed by atoms with E-state index in [9.17, 15) is 4.79 Å². The van der Waals surface area contributed by atoms with Crippen molar-refractivity contribution in [3.63, 3.8) is 0 Å². The first-order valence-corrected chi connectivity index (χ1v) is 12.2. The molecular formula is C30H27ClN2O4. The van der Waals surface area contributed by atoms with E-state index in [1.165, 1.54) is 6.21 Å². The van der Waals surface area contributed by atoms with E-state index in [-0.39, 0.29) is 5.91 Å². The molecule has 0 saturated carbocycles. The van der Waals surface area contributed by atoms with Gasteiger partial charge in [0.05, 0.1) is 17.8 Å². The lowest BCUT2D eigenvalue weighted by molar-refractivity contribution is 0.0954. The summed E-state index contributed by atoms with van der Waals surface area (Å²) in [5.41, 5.74) is 5.74. The Bertz CT molecular complexity index is 1340. The predicted octanol–water partition coefficient (Wildman–Crippen LogP) is 6.66. The molecule has 0 unspecified atom stereocenters. The number of rotatable bonds is 11. The molecule has 7 heteroatoms. The highest BCUT2D eigenvalue weighted by Gasteiger charge is 2.12. The van der Waals surface area contributed by atoms with Crippen LogP contribution in [0.15, 0.2) is 102 Å². The van der Waals surface area contributed by atoms with Crippen LogP contribution in [0.25, 0.3) is 0 Å². The van der Waals surface area contributed by atoms with E-state index in [1.54, 1.807) is 30.3 Å². The number of ether oxygens (including phenoxy) is 3. The first kappa shape index (κ1) is 25.8. The monoisotopic (exact) mass is 514 g/mol. The highest BCUT2D eigenvalue weighted by molar-refractivity contribution is 6.32. The highest BCUT2D eigenvalue weighted by atomic mass is 35.5. The Labute approximate surface area is 221 Å². The molecule has 0 spiro atoms. The van der Waals surface area contributed by atoms with Crippen LogP contribution in [0.4, 0.5) is 0 Å². The van der Waals surface area contributed by atoms with E-state index in [4.69, 9.17) is 25.8 Å². The van der Waals surface area contributed by atoms with Crippen LogP contribution >= 0.6 is 11.6 Å². The van der Waals surface area contributed by atoms with Crippen LogP contribution in [0.2, 0.25) is 5.02 Å². The summed E-state index contributed by atoms with van der Waals surface area (Å²) in [5.74, 6) is 1.26. The number of nitrogens with one attached hydrogen (secondary N) is 1. The molecule has 4 aromatic carbocycles. The third-order valence-corrected chi connectivity index (χ3v) is 5.61. The molecule has 1 N–H and O–H groups in total. The largest absolute Gasteiger partial charge is 0.490 e. The van der Waals surface area contributed by atoms with Crippen molar-refractivity contribution in [2.24, 2.45) is 5.10 Å². The first-order valence-electron chi connectivity index (χ1n) is 11.9. The lowest BCUT2D eigenvalue weighted by Crippen LogP contribution is -2.17. The Balaban J connectivity index is 1.34. The molecule has 6 nitrogen and oxygen atoms in total. The smallest absolute Gasteiger partial charge is 0.271 e. The van der Waals surface area contributed by atoms with Crippen molar-refractivity contribution in [1.82, 2.24) is 5.43 Å². The molecule has 4 aromatic rings. The molecule has 0 heterocycles. The predicted molar refractivity (Wildman–Crippen MR) is 146 cm³/mol. The van der Waals surface area contributed by atoms with Crippen LogP contribution in [-0.2, 0) is 13.2 Å². The summed E-state index contributed by atoms with van der Waals surface area (Å²) < 4.78 is 17.4. The average Bonchev–Trinajstić information content (AvgIpc) is 2.93. The molecule has 188 valence electrons. The van der Waals surface area contributed by atoms with Gasteiger partial charge in [0.1, 0.15) is 19.0 Å². The Morgan fingerprint density at radius 1 is 0.784 bits per heavy atom. The molecule has 0 fully saturated rings. The molecule has 0 aliphatic heterocycles. The minimum absolute atomic E-state index is 0.374. The lowest BCUT2D eigenvalue weighted by atomic mass is 10.2. The summed E-state index contributed by atoms with van der Waals surface area (Å²) in [7, 11) is 0. The van der Waals surface area contributed by atoms with Gasteiger partial charge in [0.15, 0.2) is 11.5 Å². The molecule has 0 aliphatic rings. The number of hydrazone groups is 1. The quantitative estimate of drug-likeness (QED) is 0.179. The molecule has 0 aliphatic carbocycles. The van der Waals surface area contributed by atoms with Crippen molar-refractivity contribution in [3.05, 3.63) is 124 Å². The fourth-order valence-corrected chi connectivity index (χ4v) is 3.70. The van der Waals surface area contributed by atoms with Crippen LogP contribution in [0.1, 0.15) is 34.0 Å². The number of halogens is 1. The standard InChI is InChI=1S/C30H27ClN2O4/c1-2-35-29-18-25(14-16-28(29)37-21-23-11-7-4-8-12-23)30(34)33-32-19-24-13-15-27(26(31)17-24)36-20-22-9-5-3-6-10-22/h3-19H,2,20-21H2,1H3,(H,33,34)/b32-19+. The zero-order valence-electron chi connectivity index (χ0n) is 20.4. The van der Waals surface area contributed by atoms with Gasteiger partial charge < -0.3 is 14.2 Å².